The minimum absolute atomic E-state index is 0.277. The average molecular weight is 279 g/mol. The van der Waals surface area contributed by atoms with Gasteiger partial charge in [0, 0.05) is 22.4 Å². The summed E-state index contributed by atoms with van der Waals surface area (Å²) in [6.45, 7) is 0.916. The van der Waals surface area contributed by atoms with Gasteiger partial charge in [0.1, 0.15) is 6.04 Å². The van der Waals surface area contributed by atoms with Gasteiger partial charge in [-0.25, -0.2) is 0 Å². The molecule has 0 amide bonds. The highest BCUT2D eigenvalue weighted by atomic mass is 79.9. The normalized spacial score (nSPS) is 12.7. The van der Waals surface area contributed by atoms with E-state index in [1.54, 1.807) is 11.3 Å². The van der Waals surface area contributed by atoms with Crippen molar-refractivity contribution in [3.05, 3.63) is 20.8 Å². The second kappa shape index (κ2) is 5.45. The third kappa shape index (κ3) is 3.38. The van der Waals surface area contributed by atoms with Crippen LogP contribution < -0.4 is 11.1 Å². The Hall–Kier alpha value is -0.430. The van der Waals surface area contributed by atoms with E-state index in [4.69, 9.17) is 10.8 Å². The monoisotopic (exact) mass is 278 g/mol. The smallest absolute Gasteiger partial charge is 0.321 e. The zero-order chi connectivity index (χ0) is 10.6. The summed E-state index contributed by atoms with van der Waals surface area (Å²) in [7, 11) is 0. The summed E-state index contributed by atoms with van der Waals surface area (Å²) in [6, 6.07) is 1.12. The van der Waals surface area contributed by atoms with E-state index >= 15 is 0 Å². The summed E-state index contributed by atoms with van der Waals surface area (Å²) in [5.74, 6) is -0.984. The Labute approximate surface area is 94.2 Å². The molecule has 0 aliphatic heterocycles. The zero-order valence-electron chi connectivity index (χ0n) is 7.37. The second-order valence-corrected chi connectivity index (χ2v) is 4.62. The number of hydrogen-bond acceptors (Lipinski definition) is 4. The number of hydrogen-bond donors (Lipinski definition) is 3. The molecular formula is C8H11BrN2O2S. The predicted octanol–water partition coefficient (Wildman–Crippen LogP) is 1.01. The Bertz CT molecular complexity index is 316. The van der Waals surface area contributed by atoms with Crippen molar-refractivity contribution in [2.45, 2.75) is 12.6 Å². The maximum atomic E-state index is 10.4. The maximum absolute atomic E-state index is 10.4. The van der Waals surface area contributed by atoms with E-state index in [1.807, 2.05) is 11.4 Å². The molecule has 4 nitrogen and oxygen atoms in total. The third-order valence-electron chi connectivity index (χ3n) is 1.66. The Morgan fingerprint density at radius 1 is 1.79 bits per heavy atom. The van der Waals surface area contributed by atoms with Crippen molar-refractivity contribution in [3.8, 4) is 0 Å². The van der Waals surface area contributed by atoms with Gasteiger partial charge in [0.15, 0.2) is 0 Å². The minimum atomic E-state index is -0.984. The van der Waals surface area contributed by atoms with Crippen LogP contribution in [-0.2, 0) is 11.3 Å². The van der Waals surface area contributed by atoms with Gasteiger partial charge in [-0.3, -0.25) is 4.79 Å². The van der Waals surface area contributed by atoms with Crippen LogP contribution in [0.3, 0.4) is 0 Å². The number of carboxylic acids is 1. The Balaban J connectivity index is 2.29. The predicted molar refractivity (Wildman–Crippen MR) is 59.3 cm³/mol. The lowest BCUT2D eigenvalue weighted by molar-refractivity contribution is -0.138. The van der Waals surface area contributed by atoms with Gasteiger partial charge in [0.05, 0.1) is 0 Å². The van der Waals surface area contributed by atoms with Crippen molar-refractivity contribution in [3.63, 3.8) is 0 Å². The van der Waals surface area contributed by atoms with Gasteiger partial charge in [-0.1, -0.05) is 0 Å². The van der Waals surface area contributed by atoms with E-state index in [0.717, 1.165) is 9.35 Å². The number of thiophene rings is 1. The van der Waals surface area contributed by atoms with Gasteiger partial charge in [-0.05, 0) is 27.4 Å². The molecule has 1 heterocycles. The highest BCUT2D eigenvalue weighted by Crippen LogP contribution is 2.21. The molecule has 1 aromatic heterocycles. The molecule has 14 heavy (non-hydrogen) atoms. The van der Waals surface area contributed by atoms with Crippen LogP contribution in [0.1, 0.15) is 4.88 Å². The van der Waals surface area contributed by atoms with Crippen LogP contribution in [0.25, 0.3) is 0 Å². The lowest BCUT2D eigenvalue weighted by Gasteiger charge is -2.07. The lowest BCUT2D eigenvalue weighted by atomic mass is 10.3. The minimum Gasteiger partial charge on any atom is -0.480 e. The Morgan fingerprint density at radius 3 is 3.00 bits per heavy atom. The molecule has 0 saturated carbocycles. The standard InChI is InChI=1S/C8H11BrN2O2S/c9-5-1-2-14-7(5)4-11-3-6(10)8(12)13/h1-2,6,11H,3-4,10H2,(H,12,13). The van der Waals surface area contributed by atoms with Crippen LogP contribution in [0.4, 0.5) is 0 Å². The Kier molecular flexibility index (Phi) is 4.53. The average Bonchev–Trinajstić information content (AvgIpc) is 2.51. The van der Waals surface area contributed by atoms with Gasteiger partial charge in [0.2, 0.25) is 0 Å². The van der Waals surface area contributed by atoms with Gasteiger partial charge in [-0.2, -0.15) is 0 Å². The van der Waals surface area contributed by atoms with Crippen molar-refractivity contribution in [1.29, 1.82) is 0 Å². The van der Waals surface area contributed by atoms with Crippen molar-refractivity contribution in [1.82, 2.24) is 5.32 Å². The number of nitrogens with one attached hydrogen (secondary N) is 1. The zero-order valence-corrected chi connectivity index (χ0v) is 9.77. The second-order valence-electron chi connectivity index (χ2n) is 2.77. The largest absolute Gasteiger partial charge is 0.480 e. The first kappa shape index (κ1) is 11.6. The van der Waals surface area contributed by atoms with Crippen molar-refractivity contribution in [2.24, 2.45) is 5.73 Å². The molecule has 0 aliphatic rings. The molecule has 0 fully saturated rings. The molecule has 78 valence electrons. The van der Waals surface area contributed by atoms with Gasteiger partial charge >= 0.3 is 5.97 Å². The fourth-order valence-electron chi connectivity index (χ4n) is 0.880. The number of rotatable bonds is 5. The number of carboxylic acid groups (broad SMARTS) is 1. The van der Waals surface area contributed by atoms with E-state index in [0.29, 0.717) is 6.54 Å². The van der Waals surface area contributed by atoms with Crippen molar-refractivity contribution in [2.75, 3.05) is 6.54 Å². The molecule has 0 aliphatic carbocycles. The van der Waals surface area contributed by atoms with E-state index in [1.165, 1.54) is 0 Å². The first-order chi connectivity index (χ1) is 6.61. The molecule has 1 aromatic rings. The fourth-order valence-corrected chi connectivity index (χ4v) is 2.34. The number of halogens is 1. The SMILES string of the molecule is NC(CNCc1sccc1Br)C(=O)O. The van der Waals surface area contributed by atoms with Crippen molar-refractivity contribution >= 4 is 33.2 Å². The molecule has 0 saturated heterocycles. The summed E-state index contributed by atoms with van der Waals surface area (Å²) in [4.78, 5) is 11.5. The molecule has 0 radical (unpaired) electrons. The highest BCUT2D eigenvalue weighted by molar-refractivity contribution is 9.10. The first-order valence-electron chi connectivity index (χ1n) is 4.02. The van der Waals surface area contributed by atoms with Crippen LogP contribution in [-0.4, -0.2) is 23.7 Å². The molecule has 4 N–H and O–H groups in total. The van der Waals surface area contributed by atoms with Crippen LogP contribution in [0.2, 0.25) is 0 Å². The van der Waals surface area contributed by atoms with Crippen LogP contribution >= 0.6 is 27.3 Å². The number of aliphatic carboxylic acids is 1. The number of nitrogens with two attached hydrogens (primary N) is 1. The molecular weight excluding hydrogens is 268 g/mol. The fraction of sp³-hybridized carbons (Fsp3) is 0.375. The van der Waals surface area contributed by atoms with Crippen LogP contribution in [0.5, 0.6) is 0 Å². The van der Waals surface area contributed by atoms with Crippen molar-refractivity contribution < 1.29 is 9.90 Å². The van der Waals surface area contributed by atoms with E-state index in [-0.39, 0.29) is 6.54 Å². The lowest BCUT2D eigenvalue weighted by Crippen LogP contribution is -2.39. The molecule has 6 heteroatoms. The van der Waals surface area contributed by atoms with E-state index in [2.05, 4.69) is 21.2 Å². The topological polar surface area (TPSA) is 75.3 Å². The quantitative estimate of drug-likeness (QED) is 0.752. The maximum Gasteiger partial charge on any atom is 0.321 e. The third-order valence-corrected chi connectivity index (χ3v) is 3.58. The molecule has 1 unspecified atom stereocenters. The van der Waals surface area contributed by atoms with Gasteiger partial charge in [0.25, 0.3) is 0 Å². The molecule has 0 aromatic carbocycles. The van der Waals surface area contributed by atoms with Gasteiger partial charge < -0.3 is 16.2 Å². The van der Waals surface area contributed by atoms with E-state index < -0.39 is 12.0 Å². The summed E-state index contributed by atoms with van der Waals surface area (Å²) in [6.07, 6.45) is 0. The van der Waals surface area contributed by atoms with Crippen LogP contribution in [0.15, 0.2) is 15.9 Å². The highest BCUT2D eigenvalue weighted by Gasteiger charge is 2.10. The van der Waals surface area contributed by atoms with Crippen LogP contribution in [0, 0.1) is 0 Å². The molecule has 0 bridgehead atoms. The number of carbonyl (C=O) groups is 1. The summed E-state index contributed by atoms with van der Waals surface area (Å²) in [5, 5.41) is 13.5. The van der Waals surface area contributed by atoms with Gasteiger partial charge in [-0.15, -0.1) is 11.3 Å². The van der Waals surface area contributed by atoms with E-state index in [9.17, 15) is 4.79 Å². The Morgan fingerprint density at radius 2 is 2.50 bits per heavy atom. The molecule has 1 rings (SSSR count). The molecule has 0 spiro atoms. The summed E-state index contributed by atoms with van der Waals surface area (Å²) in [5.41, 5.74) is 5.32. The molecule has 1 atom stereocenters. The summed E-state index contributed by atoms with van der Waals surface area (Å²) >= 11 is 5.00. The summed E-state index contributed by atoms with van der Waals surface area (Å²) < 4.78 is 1.04. The first-order valence-corrected chi connectivity index (χ1v) is 5.69.